The van der Waals surface area contributed by atoms with Crippen molar-refractivity contribution in [3.8, 4) is 11.4 Å². The summed E-state index contributed by atoms with van der Waals surface area (Å²) >= 11 is 1.27. The SMILES string of the molecule is Cc1cnc(-c2cccnc2)n1CC1CCN(S(=O)(=O)c2cccs2)C1. The van der Waals surface area contributed by atoms with Gasteiger partial charge in [-0.3, -0.25) is 4.98 Å². The number of hydrogen-bond acceptors (Lipinski definition) is 5. The van der Waals surface area contributed by atoms with Crippen molar-refractivity contribution in [2.24, 2.45) is 5.92 Å². The number of pyridine rings is 1. The molecule has 0 bridgehead atoms. The van der Waals surface area contributed by atoms with Gasteiger partial charge >= 0.3 is 0 Å². The molecule has 1 saturated heterocycles. The Hall–Kier alpha value is -2.03. The van der Waals surface area contributed by atoms with E-state index in [1.54, 1.807) is 34.2 Å². The zero-order valence-corrected chi connectivity index (χ0v) is 16.1. The van der Waals surface area contributed by atoms with E-state index in [2.05, 4.69) is 14.5 Å². The van der Waals surface area contributed by atoms with Gasteiger partial charge in [-0.25, -0.2) is 13.4 Å². The highest BCUT2D eigenvalue weighted by molar-refractivity contribution is 7.91. The van der Waals surface area contributed by atoms with Crippen LogP contribution in [0.1, 0.15) is 12.1 Å². The van der Waals surface area contributed by atoms with Crippen LogP contribution >= 0.6 is 11.3 Å². The van der Waals surface area contributed by atoms with Crippen LogP contribution in [0.3, 0.4) is 0 Å². The molecule has 136 valence electrons. The molecular weight excluding hydrogens is 368 g/mol. The van der Waals surface area contributed by atoms with Crippen molar-refractivity contribution in [1.82, 2.24) is 18.8 Å². The molecule has 3 aromatic rings. The molecule has 0 saturated carbocycles. The van der Waals surface area contributed by atoms with Gasteiger partial charge in [0.2, 0.25) is 0 Å². The van der Waals surface area contributed by atoms with Gasteiger partial charge in [0.05, 0.1) is 0 Å². The van der Waals surface area contributed by atoms with E-state index in [1.165, 1.54) is 11.3 Å². The maximum Gasteiger partial charge on any atom is 0.252 e. The fourth-order valence-electron chi connectivity index (χ4n) is 3.38. The summed E-state index contributed by atoms with van der Waals surface area (Å²) in [5.41, 5.74) is 2.05. The molecule has 0 amide bonds. The predicted molar refractivity (Wildman–Crippen MR) is 101 cm³/mol. The van der Waals surface area contributed by atoms with Crippen molar-refractivity contribution in [2.45, 2.75) is 24.1 Å². The van der Waals surface area contributed by atoms with Crippen LogP contribution in [-0.4, -0.2) is 40.3 Å². The summed E-state index contributed by atoms with van der Waals surface area (Å²) in [4.78, 5) is 8.71. The third kappa shape index (κ3) is 3.20. The average molecular weight is 389 g/mol. The van der Waals surface area contributed by atoms with Crippen LogP contribution in [0.25, 0.3) is 11.4 Å². The van der Waals surface area contributed by atoms with Gasteiger partial charge in [-0.1, -0.05) is 6.07 Å². The van der Waals surface area contributed by atoms with E-state index in [4.69, 9.17) is 0 Å². The molecule has 0 spiro atoms. The first-order chi connectivity index (χ1) is 12.6. The van der Waals surface area contributed by atoms with Crippen LogP contribution in [0.15, 0.2) is 52.4 Å². The molecule has 0 aromatic carbocycles. The minimum Gasteiger partial charge on any atom is -0.328 e. The first-order valence-corrected chi connectivity index (χ1v) is 10.8. The number of aromatic nitrogens is 3. The quantitative estimate of drug-likeness (QED) is 0.674. The molecule has 1 unspecified atom stereocenters. The monoisotopic (exact) mass is 388 g/mol. The Morgan fingerprint density at radius 1 is 1.27 bits per heavy atom. The topological polar surface area (TPSA) is 68.1 Å². The second kappa shape index (κ2) is 6.94. The lowest BCUT2D eigenvalue weighted by molar-refractivity contribution is 0.429. The maximum absolute atomic E-state index is 12.7. The fourth-order valence-corrected chi connectivity index (χ4v) is 6.05. The van der Waals surface area contributed by atoms with Crippen LogP contribution in [0.2, 0.25) is 0 Å². The van der Waals surface area contributed by atoms with E-state index in [1.807, 2.05) is 25.3 Å². The number of sulfonamides is 1. The molecule has 26 heavy (non-hydrogen) atoms. The number of aryl methyl sites for hydroxylation is 1. The molecule has 3 aromatic heterocycles. The Morgan fingerprint density at radius 3 is 2.88 bits per heavy atom. The van der Waals surface area contributed by atoms with Crippen molar-refractivity contribution in [2.75, 3.05) is 13.1 Å². The van der Waals surface area contributed by atoms with Crippen molar-refractivity contribution in [3.05, 3.63) is 53.9 Å². The molecule has 6 nitrogen and oxygen atoms in total. The number of imidazole rings is 1. The molecule has 1 aliphatic heterocycles. The summed E-state index contributed by atoms with van der Waals surface area (Å²) in [5.74, 6) is 1.16. The summed E-state index contributed by atoms with van der Waals surface area (Å²) in [6.45, 7) is 3.90. The third-order valence-corrected chi connectivity index (χ3v) is 7.99. The van der Waals surface area contributed by atoms with E-state index < -0.39 is 10.0 Å². The molecule has 1 fully saturated rings. The van der Waals surface area contributed by atoms with Crippen molar-refractivity contribution >= 4 is 21.4 Å². The van der Waals surface area contributed by atoms with E-state index in [9.17, 15) is 8.42 Å². The van der Waals surface area contributed by atoms with Crippen LogP contribution in [-0.2, 0) is 16.6 Å². The zero-order chi connectivity index (χ0) is 18.1. The Kier molecular flexibility index (Phi) is 4.64. The van der Waals surface area contributed by atoms with Gasteiger partial charge in [0.1, 0.15) is 10.0 Å². The molecule has 1 atom stereocenters. The Balaban J connectivity index is 1.53. The molecule has 8 heteroatoms. The molecular formula is C18H20N4O2S2. The third-order valence-electron chi connectivity index (χ3n) is 4.75. The van der Waals surface area contributed by atoms with Gasteiger partial charge in [0.25, 0.3) is 10.0 Å². The van der Waals surface area contributed by atoms with Gasteiger partial charge in [-0.2, -0.15) is 4.31 Å². The predicted octanol–water partition coefficient (Wildman–Crippen LogP) is 3.03. The standard InChI is InChI=1S/C18H20N4O2S2/c1-14-10-20-18(16-4-2-7-19-11-16)22(14)13-15-6-8-21(12-15)26(23,24)17-5-3-9-25-17/h2-5,7,9-11,15H,6,8,12-13H2,1H3. The van der Waals surface area contributed by atoms with Gasteiger partial charge in [0, 0.05) is 49.5 Å². The first-order valence-electron chi connectivity index (χ1n) is 8.52. The number of hydrogen-bond donors (Lipinski definition) is 0. The summed E-state index contributed by atoms with van der Waals surface area (Å²) < 4.78 is 29.6. The van der Waals surface area contributed by atoms with Crippen molar-refractivity contribution < 1.29 is 8.42 Å². The second-order valence-corrected chi connectivity index (χ2v) is 9.64. The Morgan fingerprint density at radius 2 is 2.15 bits per heavy atom. The van der Waals surface area contributed by atoms with Crippen LogP contribution < -0.4 is 0 Å². The van der Waals surface area contributed by atoms with Crippen molar-refractivity contribution in [1.29, 1.82) is 0 Å². The summed E-state index contributed by atoms with van der Waals surface area (Å²) in [5, 5.41) is 1.80. The number of thiophene rings is 1. The highest BCUT2D eigenvalue weighted by Crippen LogP contribution is 2.29. The molecule has 4 rings (SSSR count). The summed E-state index contributed by atoms with van der Waals surface area (Å²) in [6, 6.07) is 7.34. The van der Waals surface area contributed by atoms with E-state index in [0.717, 1.165) is 30.0 Å². The van der Waals surface area contributed by atoms with Gasteiger partial charge in [-0.05, 0) is 42.8 Å². The van der Waals surface area contributed by atoms with Gasteiger partial charge < -0.3 is 4.57 Å². The lowest BCUT2D eigenvalue weighted by Gasteiger charge is -2.17. The van der Waals surface area contributed by atoms with E-state index in [0.29, 0.717) is 17.3 Å². The molecule has 0 radical (unpaired) electrons. The molecule has 4 heterocycles. The zero-order valence-electron chi connectivity index (χ0n) is 14.4. The highest BCUT2D eigenvalue weighted by Gasteiger charge is 2.33. The fraction of sp³-hybridized carbons (Fsp3) is 0.333. The molecule has 0 aliphatic carbocycles. The minimum absolute atomic E-state index is 0.271. The largest absolute Gasteiger partial charge is 0.328 e. The lowest BCUT2D eigenvalue weighted by atomic mass is 10.1. The normalized spacial score (nSPS) is 18.4. The molecule has 0 N–H and O–H groups in total. The first kappa shape index (κ1) is 17.4. The van der Waals surface area contributed by atoms with Crippen LogP contribution in [0.4, 0.5) is 0 Å². The number of rotatable bonds is 5. The highest BCUT2D eigenvalue weighted by atomic mass is 32.2. The van der Waals surface area contributed by atoms with Crippen LogP contribution in [0, 0.1) is 12.8 Å². The van der Waals surface area contributed by atoms with E-state index in [-0.39, 0.29) is 5.92 Å². The minimum atomic E-state index is -3.36. The smallest absolute Gasteiger partial charge is 0.252 e. The summed E-state index contributed by atoms with van der Waals surface area (Å²) in [6.07, 6.45) is 6.26. The van der Waals surface area contributed by atoms with Crippen LogP contribution in [0.5, 0.6) is 0 Å². The van der Waals surface area contributed by atoms with E-state index >= 15 is 0 Å². The average Bonchev–Trinajstić information content (AvgIpc) is 3.39. The van der Waals surface area contributed by atoms with Crippen molar-refractivity contribution in [3.63, 3.8) is 0 Å². The second-order valence-electron chi connectivity index (χ2n) is 6.53. The van der Waals surface area contributed by atoms with Gasteiger partial charge in [-0.15, -0.1) is 11.3 Å². The number of nitrogens with zero attached hydrogens (tertiary/aromatic N) is 4. The Bertz CT molecular complexity index is 982. The Labute approximate surface area is 157 Å². The van der Waals surface area contributed by atoms with Gasteiger partial charge in [0.15, 0.2) is 0 Å². The maximum atomic E-state index is 12.7. The lowest BCUT2D eigenvalue weighted by Crippen LogP contribution is -2.29. The molecule has 1 aliphatic rings. The summed E-state index contributed by atoms with van der Waals surface area (Å²) in [7, 11) is -3.36.